The van der Waals surface area contributed by atoms with Crippen molar-refractivity contribution in [1.82, 2.24) is 29.3 Å². The van der Waals surface area contributed by atoms with E-state index in [4.69, 9.17) is 16.4 Å². The molecule has 0 amide bonds. The van der Waals surface area contributed by atoms with E-state index in [0.717, 1.165) is 0 Å². The summed E-state index contributed by atoms with van der Waals surface area (Å²) >= 11 is 5.94. The van der Waals surface area contributed by atoms with Crippen LogP contribution in [0.1, 0.15) is 11.6 Å². The van der Waals surface area contributed by atoms with Crippen molar-refractivity contribution in [3.8, 4) is 11.3 Å². The summed E-state index contributed by atoms with van der Waals surface area (Å²) in [5, 5.41) is 5.87. The maximum atomic E-state index is 14.9. The minimum Gasteiger partial charge on any atom is -0.383 e. The van der Waals surface area contributed by atoms with Crippen LogP contribution in [-0.4, -0.2) is 29.3 Å². The van der Waals surface area contributed by atoms with E-state index >= 15 is 0 Å². The van der Waals surface area contributed by atoms with Crippen molar-refractivity contribution < 1.29 is 9.23 Å². The number of aryl methyl sites for hydroxylation is 2. The molecule has 0 fully saturated rings. The van der Waals surface area contributed by atoms with Gasteiger partial charge in [0.05, 0.1) is 18.6 Å². The van der Waals surface area contributed by atoms with E-state index in [1.165, 1.54) is 28.0 Å². The summed E-state index contributed by atoms with van der Waals surface area (Å²) in [6.45, 7) is 1.69. The van der Waals surface area contributed by atoms with E-state index in [2.05, 4.69) is 20.1 Å². The molecule has 1 aliphatic heterocycles. The zero-order chi connectivity index (χ0) is 23.3. The van der Waals surface area contributed by atoms with E-state index in [9.17, 15) is 9.18 Å². The van der Waals surface area contributed by atoms with Crippen molar-refractivity contribution in [2.24, 2.45) is 14.1 Å². The SMILES string of the molecule is Cc1nc2c(-c3ccc(Cl)cc3F)nc(C3=CN(c4cnn(C)c4)OC=C3)nc2c(=O)n1C. The van der Waals surface area contributed by atoms with Gasteiger partial charge in [-0.05, 0) is 31.2 Å². The normalized spacial score (nSPS) is 13.4. The van der Waals surface area contributed by atoms with Crippen molar-refractivity contribution in [3.63, 3.8) is 0 Å². The second kappa shape index (κ2) is 7.82. The van der Waals surface area contributed by atoms with Crippen LogP contribution in [-0.2, 0) is 18.9 Å². The molecule has 11 heteroatoms. The third-order valence-electron chi connectivity index (χ3n) is 5.22. The first-order valence-corrected chi connectivity index (χ1v) is 10.2. The number of rotatable bonds is 3. The Bertz CT molecular complexity index is 1540. The summed E-state index contributed by atoms with van der Waals surface area (Å²) in [5.74, 6) is 0.0810. The Morgan fingerprint density at radius 3 is 2.67 bits per heavy atom. The monoisotopic (exact) mass is 465 g/mol. The van der Waals surface area contributed by atoms with Crippen LogP contribution in [0.3, 0.4) is 0 Å². The maximum Gasteiger partial charge on any atom is 0.279 e. The minimum absolute atomic E-state index is 0.0752. The number of nitrogens with zero attached hydrogens (tertiary/aromatic N) is 7. The lowest BCUT2D eigenvalue weighted by Gasteiger charge is -2.21. The molecule has 0 radical (unpaired) electrons. The van der Waals surface area contributed by atoms with E-state index < -0.39 is 5.82 Å². The number of halogens is 2. The van der Waals surface area contributed by atoms with Gasteiger partial charge in [-0.3, -0.25) is 14.0 Å². The molecule has 4 aromatic rings. The lowest BCUT2D eigenvalue weighted by Crippen LogP contribution is -2.23. The fourth-order valence-corrected chi connectivity index (χ4v) is 3.57. The van der Waals surface area contributed by atoms with E-state index in [1.54, 1.807) is 56.4 Å². The number of benzene rings is 1. The van der Waals surface area contributed by atoms with E-state index in [1.807, 2.05) is 0 Å². The van der Waals surface area contributed by atoms with Gasteiger partial charge in [-0.15, -0.1) is 0 Å². The third-order valence-corrected chi connectivity index (χ3v) is 5.45. The Morgan fingerprint density at radius 2 is 1.94 bits per heavy atom. The van der Waals surface area contributed by atoms with Crippen LogP contribution in [0.2, 0.25) is 5.02 Å². The number of aromatic nitrogens is 6. The van der Waals surface area contributed by atoms with Crippen molar-refractivity contribution in [3.05, 3.63) is 82.0 Å². The Morgan fingerprint density at radius 1 is 1.12 bits per heavy atom. The number of hydrogen-bond donors (Lipinski definition) is 0. The average molecular weight is 466 g/mol. The van der Waals surface area contributed by atoms with Crippen LogP contribution in [0.5, 0.6) is 0 Å². The Hall–Kier alpha value is -4.05. The average Bonchev–Trinajstić information content (AvgIpc) is 3.24. The number of fused-ring (bicyclic) bond motifs is 1. The molecule has 5 rings (SSSR count). The lowest BCUT2D eigenvalue weighted by molar-refractivity contribution is 0.246. The molecule has 4 heterocycles. The molecule has 0 saturated carbocycles. The first-order valence-electron chi connectivity index (χ1n) is 9.86. The van der Waals surface area contributed by atoms with Gasteiger partial charge in [-0.1, -0.05) is 11.6 Å². The van der Waals surface area contributed by atoms with Gasteiger partial charge in [-0.25, -0.2) is 19.3 Å². The van der Waals surface area contributed by atoms with Crippen LogP contribution in [0.25, 0.3) is 27.9 Å². The highest BCUT2D eigenvalue weighted by Gasteiger charge is 2.21. The highest BCUT2D eigenvalue weighted by Crippen LogP contribution is 2.30. The van der Waals surface area contributed by atoms with E-state index in [-0.39, 0.29) is 38.7 Å². The molecule has 0 N–H and O–H groups in total. The van der Waals surface area contributed by atoms with Crippen molar-refractivity contribution in [2.75, 3.05) is 5.06 Å². The van der Waals surface area contributed by atoms with Gasteiger partial charge < -0.3 is 4.84 Å². The quantitative estimate of drug-likeness (QED) is 0.457. The first-order chi connectivity index (χ1) is 15.8. The molecule has 0 unspecified atom stereocenters. The third kappa shape index (κ3) is 3.64. The van der Waals surface area contributed by atoms with Gasteiger partial charge in [0.15, 0.2) is 11.3 Å². The van der Waals surface area contributed by atoms with Gasteiger partial charge >= 0.3 is 0 Å². The largest absolute Gasteiger partial charge is 0.383 e. The van der Waals surface area contributed by atoms with Gasteiger partial charge in [-0.2, -0.15) is 10.2 Å². The molecular weight excluding hydrogens is 449 g/mol. The number of allylic oxidation sites excluding steroid dienone is 2. The zero-order valence-electron chi connectivity index (χ0n) is 17.8. The molecule has 1 aromatic carbocycles. The van der Waals surface area contributed by atoms with Crippen molar-refractivity contribution >= 4 is 33.9 Å². The molecule has 1 aliphatic rings. The van der Waals surface area contributed by atoms with Crippen LogP contribution in [0.4, 0.5) is 10.1 Å². The number of hydroxylamine groups is 1. The van der Waals surface area contributed by atoms with Crippen LogP contribution in [0.15, 0.2) is 53.9 Å². The van der Waals surface area contributed by atoms with E-state index in [0.29, 0.717) is 17.1 Å². The minimum atomic E-state index is -0.581. The molecule has 33 heavy (non-hydrogen) atoms. The van der Waals surface area contributed by atoms with Crippen LogP contribution < -0.4 is 10.6 Å². The Kier molecular flexibility index (Phi) is 4.94. The van der Waals surface area contributed by atoms with Crippen LogP contribution >= 0.6 is 11.6 Å². The highest BCUT2D eigenvalue weighted by atomic mass is 35.5. The molecule has 0 saturated heterocycles. The summed E-state index contributed by atoms with van der Waals surface area (Å²) in [4.78, 5) is 32.1. The number of hydrogen-bond acceptors (Lipinski definition) is 7. The summed E-state index contributed by atoms with van der Waals surface area (Å²) in [5.41, 5.74) is 1.50. The smallest absolute Gasteiger partial charge is 0.279 e. The molecule has 0 bridgehead atoms. The summed E-state index contributed by atoms with van der Waals surface area (Å²) in [7, 11) is 3.39. The molecule has 3 aromatic heterocycles. The van der Waals surface area contributed by atoms with Crippen LogP contribution in [0, 0.1) is 12.7 Å². The maximum absolute atomic E-state index is 14.9. The first kappa shape index (κ1) is 20.8. The fraction of sp³-hybridized carbons (Fsp3) is 0.136. The van der Waals surface area contributed by atoms with Gasteiger partial charge in [0, 0.05) is 30.3 Å². The molecule has 9 nitrogen and oxygen atoms in total. The second-order valence-corrected chi connectivity index (χ2v) is 7.87. The highest BCUT2D eigenvalue weighted by molar-refractivity contribution is 6.30. The molecule has 0 atom stereocenters. The molecule has 0 spiro atoms. The standard InChI is InChI=1S/C22H17ClFN7O2/c1-12-26-19-18(16-5-4-14(23)8-17(16)24)27-21(28-20(19)22(32)30(12)3)13-6-7-33-31(10-13)15-9-25-29(2)11-15/h4-11H,1-3H3. The lowest BCUT2D eigenvalue weighted by atomic mass is 10.1. The van der Waals surface area contributed by atoms with Gasteiger partial charge in [0.2, 0.25) is 0 Å². The predicted molar refractivity (Wildman–Crippen MR) is 122 cm³/mol. The summed E-state index contributed by atoms with van der Waals surface area (Å²) < 4.78 is 17.9. The van der Waals surface area contributed by atoms with Gasteiger partial charge in [0.25, 0.3) is 5.56 Å². The topological polar surface area (TPSA) is 91.0 Å². The van der Waals surface area contributed by atoms with Gasteiger partial charge in [0.1, 0.15) is 34.8 Å². The molecular formula is C22H17ClFN7O2. The number of anilines is 1. The molecule has 0 aliphatic carbocycles. The second-order valence-electron chi connectivity index (χ2n) is 7.43. The predicted octanol–water partition coefficient (Wildman–Crippen LogP) is 3.53. The fourth-order valence-electron chi connectivity index (χ4n) is 3.41. The van der Waals surface area contributed by atoms with Crippen molar-refractivity contribution in [2.45, 2.75) is 6.92 Å². The molecule has 166 valence electrons. The summed E-state index contributed by atoms with van der Waals surface area (Å²) in [6, 6.07) is 4.25. The Balaban J connectivity index is 1.76. The Labute approximate surface area is 192 Å². The summed E-state index contributed by atoms with van der Waals surface area (Å²) in [6.07, 6.45) is 8.18. The zero-order valence-corrected chi connectivity index (χ0v) is 18.6. The van der Waals surface area contributed by atoms with Crippen molar-refractivity contribution in [1.29, 1.82) is 0 Å².